The molecule has 1 aromatic rings. The topological polar surface area (TPSA) is 21.3 Å². The summed E-state index contributed by atoms with van der Waals surface area (Å²) in [7, 11) is 0. The maximum absolute atomic E-state index is 6.06. The van der Waals surface area contributed by atoms with Crippen molar-refractivity contribution in [2.24, 2.45) is 0 Å². The molecule has 1 aromatic carbocycles. The highest BCUT2D eigenvalue weighted by molar-refractivity contribution is 6.31. The van der Waals surface area contributed by atoms with Crippen molar-refractivity contribution in [3.8, 4) is 0 Å². The molecule has 14 heavy (non-hydrogen) atoms. The fourth-order valence-corrected chi connectivity index (χ4v) is 1.83. The Hall–Kier alpha value is -0.570. The van der Waals surface area contributed by atoms with Crippen molar-refractivity contribution in [1.82, 2.24) is 5.32 Å². The van der Waals surface area contributed by atoms with Crippen molar-refractivity contribution in [3.05, 3.63) is 34.9 Å². The second-order valence-corrected chi connectivity index (χ2v) is 3.87. The first-order valence-corrected chi connectivity index (χ1v) is 5.32. The fourth-order valence-electron chi connectivity index (χ4n) is 1.61. The van der Waals surface area contributed by atoms with Crippen LogP contribution in [0.5, 0.6) is 0 Å². The molecule has 1 atom stereocenters. The Balaban J connectivity index is 1.99. The molecule has 3 heteroatoms. The van der Waals surface area contributed by atoms with Gasteiger partial charge in [-0.2, -0.15) is 0 Å². The first-order valence-electron chi connectivity index (χ1n) is 4.94. The van der Waals surface area contributed by atoms with Gasteiger partial charge in [0.15, 0.2) is 0 Å². The Bertz CT molecular complexity index is 297. The first-order chi connectivity index (χ1) is 6.86. The Morgan fingerprint density at radius 3 is 3.00 bits per heavy atom. The van der Waals surface area contributed by atoms with Crippen LogP contribution in [0.3, 0.4) is 0 Å². The van der Waals surface area contributed by atoms with E-state index in [1.54, 1.807) is 0 Å². The van der Waals surface area contributed by atoms with Crippen LogP contribution < -0.4 is 5.32 Å². The average Bonchev–Trinajstić information content (AvgIpc) is 2.23. The SMILES string of the molecule is Clc1ccccc1CC1NCCCO1. The van der Waals surface area contributed by atoms with E-state index in [-0.39, 0.29) is 6.23 Å². The van der Waals surface area contributed by atoms with Crippen molar-refractivity contribution in [2.45, 2.75) is 19.1 Å². The third-order valence-electron chi connectivity index (χ3n) is 2.38. The molecule has 0 radical (unpaired) electrons. The lowest BCUT2D eigenvalue weighted by Crippen LogP contribution is -2.39. The predicted molar refractivity (Wildman–Crippen MR) is 57.5 cm³/mol. The summed E-state index contributed by atoms with van der Waals surface area (Å²) in [6.07, 6.45) is 2.07. The van der Waals surface area contributed by atoms with E-state index in [4.69, 9.17) is 16.3 Å². The van der Waals surface area contributed by atoms with Gasteiger partial charge in [0.25, 0.3) is 0 Å². The van der Waals surface area contributed by atoms with E-state index in [2.05, 4.69) is 5.32 Å². The van der Waals surface area contributed by atoms with Gasteiger partial charge >= 0.3 is 0 Å². The van der Waals surface area contributed by atoms with Gasteiger partial charge in [-0.3, -0.25) is 5.32 Å². The molecule has 2 nitrogen and oxygen atoms in total. The third kappa shape index (κ3) is 2.47. The molecule has 1 fully saturated rings. The van der Waals surface area contributed by atoms with E-state index < -0.39 is 0 Å². The van der Waals surface area contributed by atoms with Crippen LogP contribution in [0.4, 0.5) is 0 Å². The van der Waals surface area contributed by atoms with E-state index >= 15 is 0 Å². The summed E-state index contributed by atoms with van der Waals surface area (Å²) in [5.74, 6) is 0. The minimum absolute atomic E-state index is 0.128. The van der Waals surface area contributed by atoms with Crippen LogP contribution in [0.25, 0.3) is 0 Å². The quantitative estimate of drug-likeness (QED) is 0.810. The number of nitrogens with one attached hydrogen (secondary N) is 1. The highest BCUT2D eigenvalue weighted by Gasteiger charge is 2.14. The third-order valence-corrected chi connectivity index (χ3v) is 2.74. The molecule has 0 saturated carbocycles. The molecule has 0 aliphatic carbocycles. The number of ether oxygens (including phenoxy) is 1. The van der Waals surface area contributed by atoms with Gasteiger partial charge in [-0.05, 0) is 24.6 Å². The van der Waals surface area contributed by atoms with E-state index in [0.29, 0.717) is 0 Å². The van der Waals surface area contributed by atoms with Crippen molar-refractivity contribution in [1.29, 1.82) is 0 Å². The van der Waals surface area contributed by atoms with Crippen LogP contribution >= 0.6 is 11.6 Å². The molecule has 1 aliphatic rings. The van der Waals surface area contributed by atoms with E-state index in [1.807, 2.05) is 24.3 Å². The zero-order valence-electron chi connectivity index (χ0n) is 8.00. The molecule has 0 bridgehead atoms. The Morgan fingerprint density at radius 1 is 1.43 bits per heavy atom. The normalized spacial score (nSPS) is 22.2. The van der Waals surface area contributed by atoms with Crippen LogP contribution in [0.15, 0.2) is 24.3 Å². The number of halogens is 1. The van der Waals surface area contributed by atoms with Crippen molar-refractivity contribution < 1.29 is 4.74 Å². The van der Waals surface area contributed by atoms with E-state index in [1.165, 1.54) is 0 Å². The van der Waals surface area contributed by atoms with Gasteiger partial charge in [0.2, 0.25) is 0 Å². The molecule has 0 spiro atoms. The number of benzene rings is 1. The Kier molecular flexibility index (Phi) is 3.40. The zero-order valence-corrected chi connectivity index (χ0v) is 8.76. The highest BCUT2D eigenvalue weighted by atomic mass is 35.5. The maximum atomic E-state index is 6.06. The fraction of sp³-hybridized carbons (Fsp3) is 0.455. The number of hydrogen-bond acceptors (Lipinski definition) is 2. The second kappa shape index (κ2) is 4.78. The molecule has 1 saturated heterocycles. The standard InChI is InChI=1S/C11H14ClNO/c12-10-5-2-1-4-9(10)8-11-13-6-3-7-14-11/h1-2,4-5,11,13H,3,6-8H2. The molecule has 2 rings (SSSR count). The summed E-state index contributed by atoms with van der Waals surface area (Å²) >= 11 is 6.06. The van der Waals surface area contributed by atoms with Gasteiger partial charge in [0.1, 0.15) is 6.23 Å². The van der Waals surface area contributed by atoms with Gasteiger partial charge in [-0.15, -0.1) is 0 Å². The summed E-state index contributed by atoms with van der Waals surface area (Å²) in [6.45, 7) is 1.89. The van der Waals surface area contributed by atoms with Crippen LogP contribution in [-0.2, 0) is 11.2 Å². The van der Waals surface area contributed by atoms with Gasteiger partial charge in [-0.25, -0.2) is 0 Å². The molecule has 0 amide bonds. The largest absolute Gasteiger partial charge is 0.363 e. The Labute approximate surface area is 89.2 Å². The number of hydrogen-bond donors (Lipinski definition) is 1. The minimum atomic E-state index is 0.128. The smallest absolute Gasteiger partial charge is 0.112 e. The summed E-state index contributed by atoms with van der Waals surface area (Å²) in [4.78, 5) is 0. The number of rotatable bonds is 2. The molecular formula is C11H14ClNO. The van der Waals surface area contributed by atoms with Crippen molar-refractivity contribution >= 4 is 11.6 Å². The Morgan fingerprint density at radius 2 is 2.29 bits per heavy atom. The molecule has 0 aromatic heterocycles. The van der Waals surface area contributed by atoms with Crippen LogP contribution in [0, 0.1) is 0 Å². The summed E-state index contributed by atoms with van der Waals surface area (Å²) in [5.41, 5.74) is 1.15. The van der Waals surface area contributed by atoms with Crippen LogP contribution in [0.2, 0.25) is 5.02 Å². The monoisotopic (exact) mass is 211 g/mol. The second-order valence-electron chi connectivity index (χ2n) is 3.46. The molecule has 1 aliphatic heterocycles. The summed E-state index contributed by atoms with van der Waals surface area (Å²) in [6, 6.07) is 7.91. The maximum Gasteiger partial charge on any atom is 0.112 e. The van der Waals surface area contributed by atoms with E-state index in [0.717, 1.165) is 36.6 Å². The summed E-state index contributed by atoms with van der Waals surface area (Å²) < 4.78 is 5.57. The van der Waals surface area contributed by atoms with Crippen molar-refractivity contribution in [2.75, 3.05) is 13.2 Å². The first kappa shape index (κ1) is 9.97. The van der Waals surface area contributed by atoms with E-state index in [9.17, 15) is 0 Å². The lowest BCUT2D eigenvalue weighted by atomic mass is 10.1. The summed E-state index contributed by atoms with van der Waals surface area (Å²) in [5, 5.41) is 4.14. The van der Waals surface area contributed by atoms with Crippen LogP contribution in [0.1, 0.15) is 12.0 Å². The van der Waals surface area contributed by atoms with Crippen molar-refractivity contribution in [3.63, 3.8) is 0 Å². The highest BCUT2D eigenvalue weighted by Crippen LogP contribution is 2.17. The molecular weight excluding hydrogens is 198 g/mol. The molecule has 1 heterocycles. The van der Waals surface area contributed by atoms with Gasteiger partial charge in [-0.1, -0.05) is 29.8 Å². The molecule has 1 N–H and O–H groups in total. The van der Waals surface area contributed by atoms with Crippen LogP contribution in [-0.4, -0.2) is 19.4 Å². The predicted octanol–water partition coefficient (Wildman–Crippen LogP) is 2.22. The lowest BCUT2D eigenvalue weighted by molar-refractivity contribution is 0.00196. The zero-order chi connectivity index (χ0) is 9.80. The lowest BCUT2D eigenvalue weighted by Gasteiger charge is -2.24. The minimum Gasteiger partial charge on any atom is -0.363 e. The van der Waals surface area contributed by atoms with Gasteiger partial charge < -0.3 is 4.74 Å². The average molecular weight is 212 g/mol. The molecule has 1 unspecified atom stereocenters. The van der Waals surface area contributed by atoms with Gasteiger partial charge in [0.05, 0.1) is 0 Å². The molecule has 76 valence electrons. The van der Waals surface area contributed by atoms with Gasteiger partial charge in [0, 0.05) is 18.1 Å².